The molecule has 1 aliphatic heterocycles. The molecule has 5 heteroatoms. The minimum Gasteiger partial charge on any atom is -0.329 e. The van der Waals surface area contributed by atoms with Gasteiger partial charge in [-0.25, -0.2) is 5.43 Å². The lowest BCUT2D eigenvalue weighted by molar-refractivity contribution is -0.133. The van der Waals surface area contributed by atoms with Crippen molar-refractivity contribution in [2.75, 3.05) is 6.54 Å². The molecule has 0 aromatic carbocycles. The number of rotatable bonds is 2. The highest BCUT2D eigenvalue weighted by atomic mass is 16.2. The lowest BCUT2D eigenvalue weighted by atomic mass is 9.68. The van der Waals surface area contributed by atoms with Crippen LogP contribution in [0.2, 0.25) is 0 Å². The number of nitrogens with zero attached hydrogens (tertiary/aromatic N) is 1. The summed E-state index contributed by atoms with van der Waals surface area (Å²) < 4.78 is 0. The van der Waals surface area contributed by atoms with Crippen LogP contribution in [0, 0.1) is 18.8 Å². The van der Waals surface area contributed by atoms with E-state index < -0.39 is 0 Å². The Balaban J connectivity index is 1.80. The minimum atomic E-state index is 0.110. The van der Waals surface area contributed by atoms with E-state index in [2.05, 4.69) is 28.8 Å². The molecule has 4 unspecified atom stereocenters. The quantitative estimate of drug-likeness (QED) is 0.747. The molecule has 2 heterocycles. The van der Waals surface area contributed by atoms with Crippen LogP contribution in [0.25, 0.3) is 0 Å². The molecule has 2 aliphatic rings. The number of carbonyl (C=O) groups is 1. The van der Waals surface area contributed by atoms with Crippen LogP contribution in [0.5, 0.6) is 0 Å². The zero-order valence-electron chi connectivity index (χ0n) is 11.8. The molecule has 0 bridgehead atoms. The Labute approximate surface area is 119 Å². The molecular weight excluding hydrogens is 252 g/mol. The number of amides is 1. The number of pyridine rings is 1. The van der Waals surface area contributed by atoms with Gasteiger partial charge in [0.2, 0.25) is 5.91 Å². The standard InChI is InChI=1S/C15H22N4O/c1-9-4-11(8-17-7-9)10-2-3-12-13(5-10)14(6-16)18-19-15(12)20/h4,7-8,10,12-14,18H,2-3,5-6,16H2,1H3,(H,19,20). The van der Waals surface area contributed by atoms with Gasteiger partial charge in [-0.1, -0.05) is 6.07 Å². The molecule has 108 valence electrons. The van der Waals surface area contributed by atoms with Gasteiger partial charge in [-0.2, -0.15) is 0 Å². The number of fused-ring (bicyclic) bond motifs is 1. The van der Waals surface area contributed by atoms with Crippen LogP contribution >= 0.6 is 0 Å². The highest BCUT2D eigenvalue weighted by Gasteiger charge is 2.42. The monoisotopic (exact) mass is 274 g/mol. The van der Waals surface area contributed by atoms with Gasteiger partial charge in [-0.3, -0.25) is 15.2 Å². The van der Waals surface area contributed by atoms with Gasteiger partial charge < -0.3 is 5.73 Å². The van der Waals surface area contributed by atoms with Crippen molar-refractivity contribution in [1.82, 2.24) is 15.8 Å². The van der Waals surface area contributed by atoms with Gasteiger partial charge in [0, 0.05) is 30.9 Å². The Hall–Kier alpha value is -1.46. The molecule has 2 fully saturated rings. The van der Waals surface area contributed by atoms with Crippen molar-refractivity contribution in [3.05, 3.63) is 29.6 Å². The fourth-order valence-corrected chi connectivity index (χ4v) is 3.68. The molecule has 0 radical (unpaired) electrons. The Bertz CT molecular complexity index is 504. The second kappa shape index (κ2) is 5.50. The molecule has 4 atom stereocenters. The number of aromatic nitrogens is 1. The van der Waals surface area contributed by atoms with Gasteiger partial charge in [0.25, 0.3) is 0 Å². The van der Waals surface area contributed by atoms with Crippen LogP contribution in [0.1, 0.15) is 36.3 Å². The summed E-state index contributed by atoms with van der Waals surface area (Å²) in [6, 6.07) is 2.39. The van der Waals surface area contributed by atoms with E-state index in [-0.39, 0.29) is 17.9 Å². The second-order valence-electron chi connectivity index (χ2n) is 6.05. The molecule has 1 aromatic heterocycles. The van der Waals surface area contributed by atoms with Crippen LogP contribution in [-0.2, 0) is 4.79 Å². The van der Waals surface area contributed by atoms with Crippen molar-refractivity contribution >= 4 is 5.91 Å². The third-order valence-electron chi connectivity index (χ3n) is 4.76. The van der Waals surface area contributed by atoms with Crippen molar-refractivity contribution in [2.45, 2.75) is 38.1 Å². The van der Waals surface area contributed by atoms with E-state index in [1.165, 1.54) is 11.1 Å². The average molecular weight is 274 g/mol. The maximum atomic E-state index is 12.0. The predicted molar refractivity (Wildman–Crippen MR) is 76.7 cm³/mol. The van der Waals surface area contributed by atoms with Crippen LogP contribution in [-0.4, -0.2) is 23.5 Å². The number of carbonyl (C=O) groups excluding carboxylic acids is 1. The SMILES string of the molecule is Cc1cncc(C2CCC3C(=O)NNC(CN)C3C2)c1. The van der Waals surface area contributed by atoms with Crippen molar-refractivity contribution in [3.8, 4) is 0 Å². The van der Waals surface area contributed by atoms with Crippen molar-refractivity contribution in [3.63, 3.8) is 0 Å². The van der Waals surface area contributed by atoms with E-state index in [0.29, 0.717) is 18.4 Å². The van der Waals surface area contributed by atoms with Gasteiger partial charge in [0.1, 0.15) is 0 Å². The van der Waals surface area contributed by atoms with E-state index in [1.807, 2.05) is 12.4 Å². The Kier molecular flexibility index (Phi) is 3.72. The lowest BCUT2D eigenvalue weighted by Crippen LogP contribution is -2.62. The zero-order valence-corrected chi connectivity index (χ0v) is 11.8. The van der Waals surface area contributed by atoms with Gasteiger partial charge >= 0.3 is 0 Å². The van der Waals surface area contributed by atoms with Crippen LogP contribution in [0.4, 0.5) is 0 Å². The van der Waals surface area contributed by atoms with E-state index >= 15 is 0 Å². The molecule has 3 rings (SSSR count). The van der Waals surface area contributed by atoms with E-state index in [0.717, 1.165) is 19.3 Å². The highest BCUT2D eigenvalue weighted by molar-refractivity contribution is 5.79. The summed E-state index contributed by atoms with van der Waals surface area (Å²) in [5, 5.41) is 0. The molecule has 20 heavy (non-hydrogen) atoms. The van der Waals surface area contributed by atoms with Crippen molar-refractivity contribution in [1.29, 1.82) is 0 Å². The summed E-state index contributed by atoms with van der Waals surface area (Å²) in [7, 11) is 0. The first-order valence-electron chi connectivity index (χ1n) is 7.36. The maximum Gasteiger partial charge on any atom is 0.237 e. The lowest BCUT2D eigenvalue weighted by Gasteiger charge is -2.43. The molecule has 1 saturated carbocycles. The summed E-state index contributed by atoms with van der Waals surface area (Å²) in [6.07, 6.45) is 6.85. The molecule has 5 nitrogen and oxygen atoms in total. The second-order valence-corrected chi connectivity index (χ2v) is 6.05. The number of nitrogens with one attached hydrogen (secondary N) is 2. The fourth-order valence-electron chi connectivity index (χ4n) is 3.68. The molecule has 4 N–H and O–H groups in total. The van der Waals surface area contributed by atoms with Crippen molar-refractivity contribution < 1.29 is 4.79 Å². The molecule has 1 aromatic rings. The first-order valence-corrected chi connectivity index (χ1v) is 7.36. The summed E-state index contributed by atoms with van der Waals surface area (Å²) in [6.45, 7) is 2.63. The Morgan fingerprint density at radius 1 is 1.40 bits per heavy atom. The minimum absolute atomic E-state index is 0.110. The number of hydrogen-bond donors (Lipinski definition) is 3. The third kappa shape index (κ3) is 2.43. The van der Waals surface area contributed by atoms with Gasteiger partial charge in [-0.05, 0) is 49.1 Å². The van der Waals surface area contributed by atoms with E-state index in [9.17, 15) is 4.79 Å². The largest absolute Gasteiger partial charge is 0.329 e. The van der Waals surface area contributed by atoms with E-state index in [1.54, 1.807) is 0 Å². The number of nitrogens with two attached hydrogens (primary N) is 1. The topological polar surface area (TPSA) is 80.0 Å². The normalized spacial score (nSPS) is 33.4. The molecule has 1 aliphatic carbocycles. The number of hydrogen-bond acceptors (Lipinski definition) is 4. The summed E-state index contributed by atoms with van der Waals surface area (Å²) in [5.74, 6) is 1.05. The predicted octanol–water partition coefficient (Wildman–Crippen LogP) is 0.852. The van der Waals surface area contributed by atoms with Gasteiger partial charge in [0.15, 0.2) is 0 Å². The van der Waals surface area contributed by atoms with Crippen LogP contribution in [0.3, 0.4) is 0 Å². The maximum absolute atomic E-state index is 12.0. The summed E-state index contributed by atoms with van der Waals surface area (Å²) >= 11 is 0. The third-order valence-corrected chi connectivity index (χ3v) is 4.76. The van der Waals surface area contributed by atoms with Gasteiger partial charge in [0.05, 0.1) is 0 Å². The smallest absolute Gasteiger partial charge is 0.237 e. The fraction of sp³-hybridized carbons (Fsp3) is 0.600. The molecular formula is C15H22N4O. The Morgan fingerprint density at radius 3 is 3.00 bits per heavy atom. The van der Waals surface area contributed by atoms with E-state index in [4.69, 9.17) is 5.73 Å². The van der Waals surface area contributed by atoms with Gasteiger partial charge in [-0.15, -0.1) is 0 Å². The zero-order chi connectivity index (χ0) is 14.1. The molecule has 1 amide bonds. The number of hydrazine groups is 1. The first kappa shape index (κ1) is 13.5. The molecule has 0 spiro atoms. The van der Waals surface area contributed by atoms with Crippen LogP contribution in [0.15, 0.2) is 18.5 Å². The first-order chi connectivity index (χ1) is 9.69. The molecule has 1 saturated heterocycles. The highest BCUT2D eigenvalue weighted by Crippen LogP contribution is 2.41. The van der Waals surface area contributed by atoms with Crippen LogP contribution < -0.4 is 16.6 Å². The average Bonchev–Trinajstić information content (AvgIpc) is 2.47. The summed E-state index contributed by atoms with van der Waals surface area (Å²) in [4.78, 5) is 16.3. The van der Waals surface area contributed by atoms with Crippen molar-refractivity contribution in [2.24, 2.45) is 17.6 Å². The summed E-state index contributed by atoms with van der Waals surface area (Å²) in [5.41, 5.74) is 14.2. The Morgan fingerprint density at radius 2 is 2.25 bits per heavy atom. The number of aryl methyl sites for hydroxylation is 1.